The van der Waals surface area contributed by atoms with E-state index in [1.165, 1.54) is 27.7 Å². The lowest BCUT2D eigenvalue weighted by Gasteiger charge is -2.08. The van der Waals surface area contributed by atoms with Crippen LogP contribution >= 0.6 is 0 Å². The molecule has 1 heterocycles. The smallest absolute Gasteiger partial charge is 0.261 e. The summed E-state index contributed by atoms with van der Waals surface area (Å²) in [6.45, 7) is 5.78. The second kappa shape index (κ2) is 24.1. The number of nitrogens with two attached hydrogens (primary N) is 4. The Morgan fingerprint density at radius 3 is 1.09 bits per heavy atom. The van der Waals surface area contributed by atoms with Crippen molar-refractivity contribution in [3.8, 4) is 0 Å². The zero-order valence-corrected chi connectivity index (χ0v) is 13.5. The van der Waals surface area contributed by atoms with Gasteiger partial charge >= 0.3 is 0 Å². The highest BCUT2D eigenvalue weighted by Gasteiger charge is 2.02. The van der Waals surface area contributed by atoms with Gasteiger partial charge in [0, 0.05) is 0 Å². The van der Waals surface area contributed by atoms with Crippen LogP contribution in [0.15, 0.2) is 0 Å². The fourth-order valence-corrected chi connectivity index (χ4v) is 0.513. The van der Waals surface area contributed by atoms with Gasteiger partial charge in [0.05, 0.1) is 0 Å². The van der Waals surface area contributed by atoms with Gasteiger partial charge in [0.2, 0.25) is 11.9 Å². The maximum atomic E-state index is 8.81. The molecule has 0 aliphatic rings. The van der Waals surface area contributed by atoms with Gasteiger partial charge in [-0.05, 0) is 27.7 Å². The predicted octanol–water partition coefficient (Wildman–Crippen LogP) is -1.59. The Morgan fingerprint density at radius 2 is 0.913 bits per heavy atom. The molecule has 0 fully saturated rings. The quantitative estimate of drug-likeness (QED) is 0.260. The average molecular weight is 332 g/mol. The number of hydrogen-bond acceptors (Lipinski definition) is 12. The molecule has 1 aromatic heterocycles. The maximum Gasteiger partial charge on any atom is 0.261 e. The number of carbonyl (C=O) groups is 4. The van der Waals surface area contributed by atoms with Crippen LogP contribution in [0.2, 0.25) is 0 Å². The topological polar surface area (TPSA) is 214 Å². The molecule has 1 rings (SSSR count). The standard InChI is InChI=1S/C3H8N8.4C2H4O/c4-1-8-2(5)10-3(9-1)11(6)7;4*1-2-3/h6-7H2,(H4,4,5,8,9,10);4*2H,1H3. The molecule has 0 aliphatic heterocycles. The van der Waals surface area contributed by atoms with Gasteiger partial charge in [0.1, 0.15) is 25.1 Å². The number of hydrazine groups is 2. The number of anilines is 3. The molecule has 0 atom stereocenters. The van der Waals surface area contributed by atoms with E-state index < -0.39 is 0 Å². The minimum absolute atomic E-state index is 0.0200. The van der Waals surface area contributed by atoms with Crippen molar-refractivity contribution in [2.24, 2.45) is 11.7 Å². The van der Waals surface area contributed by atoms with Crippen LogP contribution in [0.25, 0.3) is 0 Å². The van der Waals surface area contributed by atoms with E-state index in [0.717, 1.165) is 25.1 Å². The third-order valence-electron chi connectivity index (χ3n) is 0.889. The van der Waals surface area contributed by atoms with E-state index in [1.807, 2.05) is 0 Å². The van der Waals surface area contributed by atoms with Gasteiger partial charge in [0.15, 0.2) is 0 Å². The molecule has 132 valence electrons. The number of rotatable bonds is 1. The molecule has 0 unspecified atom stereocenters. The highest BCUT2D eigenvalue weighted by molar-refractivity contribution is 5.45. The Labute approximate surface area is 134 Å². The minimum atomic E-state index is -0.0200. The second-order valence-electron chi connectivity index (χ2n) is 2.70. The van der Waals surface area contributed by atoms with Crippen molar-refractivity contribution in [1.29, 1.82) is 0 Å². The SMILES string of the molecule is CC=O.CC=O.CC=O.CC=O.Nc1nc(N)nc(N(N)N)n1. The van der Waals surface area contributed by atoms with Crippen LogP contribution < -0.4 is 28.3 Å². The van der Waals surface area contributed by atoms with Gasteiger partial charge in [-0.1, -0.05) is 0 Å². The molecule has 12 heteroatoms. The van der Waals surface area contributed by atoms with Crippen LogP contribution in [0.4, 0.5) is 17.8 Å². The summed E-state index contributed by atoms with van der Waals surface area (Å²) in [4.78, 5) is 45.9. The van der Waals surface area contributed by atoms with Crippen LogP contribution in [0.3, 0.4) is 0 Å². The lowest BCUT2D eigenvalue weighted by molar-refractivity contribution is -0.106. The summed E-state index contributed by atoms with van der Waals surface area (Å²) >= 11 is 0. The Kier molecular flexibility index (Phi) is 29.5. The molecule has 0 saturated carbocycles. The molecule has 0 saturated heterocycles. The van der Waals surface area contributed by atoms with Gasteiger partial charge in [-0.2, -0.15) is 15.0 Å². The van der Waals surface area contributed by atoms with Crippen LogP contribution in [0.5, 0.6) is 0 Å². The van der Waals surface area contributed by atoms with Crippen molar-refractivity contribution in [2.45, 2.75) is 27.7 Å². The minimum Gasteiger partial charge on any atom is -0.368 e. The van der Waals surface area contributed by atoms with Crippen LogP contribution in [0.1, 0.15) is 27.7 Å². The first-order chi connectivity index (χ1) is 10.7. The van der Waals surface area contributed by atoms with E-state index in [9.17, 15) is 0 Å². The van der Waals surface area contributed by atoms with E-state index >= 15 is 0 Å². The first-order valence-corrected chi connectivity index (χ1v) is 5.91. The fraction of sp³-hybridized carbons (Fsp3) is 0.364. The van der Waals surface area contributed by atoms with Crippen molar-refractivity contribution in [2.75, 3.05) is 16.6 Å². The van der Waals surface area contributed by atoms with Gasteiger partial charge < -0.3 is 30.6 Å². The maximum absolute atomic E-state index is 8.81. The zero-order valence-electron chi connectivity index (χ0n) is 13.5. The van der Waals surface area contributed by atoms with Crippen LogP contribution in [0, 0.1) is 0 Å². The summed E-state index contributed by atoms with van der Waals surface area (Å²) in [7, 11) is 0. The molecule has 0 aliphatic carbocycles. The van der Waals surface area contributed by atoms with Gasteiger partial charge in [0.25, 0.3) is 5.95 Å². The molecule has 0 amide bonds. The summed E-state index contributed by atoms with van der Waals surface area (Å²) in [5.41, 5.74) is 10.4. The van der Waals surface area contributed by atoms with E-state index in [4.69, 9.17) is 42.3 Å². The van der Waals surface area contributed by atoms with Crippen molar-refractivity contribution < 1.29 is 19.2 Å². The van der Waals surface area contributed by atoms with E-state index in [1.54, 1.807) is 0 Å². The first-order valence-electron chi connectivity index (χ1n) is 5.91. The summed E-state index contributed by atoms with van der Waals surface area (Å²) in [5, 5.41) is 0.703. The molecule has 1 aromatic rings. The summed E-state index contributed by atoms with van der Waals surface area (Å²) in [6.07, 6.45) is 3.00. The molecule has 8 N–H and O–H groups in total. The normalized spacial score (nSPS) is 6.87. The molecule has 0 spiro atoms. The molecular weight excluding hydrogens is 308 g/mol. The molecule has 23 heavy (non-hydrogen) atoms. The van der Waals surface area contributed by atoms with Crippen LogP contribution in [-0.2, 0) is 19.2 Å². The Bertz CT molecular complexity index is 384. The lowest BCUT2D eigenvalue weighted by atomic mass is 10.8. The van der Waals surface area contributed by atoms with E-state index in [0.29, 0.717) is 5.12 Å². The summed E-state index contributed by atoms with van der Waals surface area (Å²) in [6, 6.07) is 0. The highest BCUT2D eigenvalue weighted by atomic mass is 16.1. The Hall–Kier alpha value is -2.99. The van der Waals surface area contributed by atoms with Crippen molar-refractivity contribution in [1.82, 2.24) is 15.0 Å². The third-order valence-corrected chi connectivity index (χ3v) is 0.889. The number of nitrogen functional groups attached to an aromatic ring is 2. The van der Waals surface area contributed by atoms with Gasteiger partial charge in [-0.3, -0.25) is 0 Å². The number of hydrogen-bond donors (Lipinski definition) is 4. The predicted molar refractivity (Wildman–Crippen MR) is 86.5 cm³/mol. The largest absolute Gasteiger partial charge is 0.368 e. The summed E-state index contributed by atoms with van der Waals surface area (Å²) in [5.74, 6) is 10.2. The summed E-state index contributed by atoms with van der Waals surface area (Å²) < 4.78 is 0. The first kappa shape index (κ1) is 28.2. The number of aldehydes is 4. The Balaban J connectivity index is -0.000000125. The van der Waals surface area contributed by atoms with Crippen LogP contribution in [-0.4, -0.2) is 40.1 Å². The molecule has 0 radical (unpaired) electrons. The molecular formula is C11H24N8O4. The number of aromatic nitrogens is 3. The van der Waals surface area contributed by atoms with Gasteiger partial charge in [-0.15, -0.1) is 0 Å². The van der Waals surface area contributed by atoms with E-state index in [-0.39, 0.29) is 17.8 Å². The van der Waals surface area contributed by atoms with Gasteiger partial charge in [-0.25, -0.2) is 16.8 Å². The monoisotopic (exact) mass is 332 g/mol. The van der Waals surface area contributed by atoms with Crippen molar-refractivity contribution >= 4 is 43.0 Å². The molecule has 0 aromatic carbocycles. The number of nitrogens with zero attached hydrogens (tertiary/aromatic N) is 4. The molecule has 12 nitrogen and oxygen atoms in total. The van der Waals surface area contributed by atoms with Crippen molar-refractivity contribution in [3.05, 3.63) is 0 Å². The lowest BCUT2D eigenvalue weighted by Crippen LogP contribution is -2.39. The average Bonchev–Trinajstić information content (AvgIpc) is 2.41. The molecule has 0 bridgehead atoms. The zero-order chi connectivity index (χ0) is 19.3. The van der Waals surface area contributed by atoms with E-state index in [2.05, 4.69) is 15.0 Å². The highest BCUT2D eigenvalue weighted by Crippen LogP contribution is 2.02. The van der Waals surface area contributed by atoms with Crippen molar-refractivity contribution in [3.63, 3.8) is 0 Å². The fourth-order valence-electron chi connectivity index (χ4n) is 0.513. The Morgan fingerprint density at radius 1 is 0.696 bits per heavy atom. The number of carbonyl (C=O) groups excluding carboxylic acids is 4. The second-order valence-corrected chi connectivity index (χ2v) is 2.70. The third kappa shape index (κ3) is 32.5.